The first kappa shape index (κ1) is 20.4. The zero-order valence-electron chi connectivity index (χ0n) is 14.8. The van der Waals surface area contributed by atoms with E-state index >= 15 is 0 Å². The summed E-state index contributed by atoms with van der Waals surface area (Å²) in [6.45, 7) is 2.88. The predicted molar refractivity (Wildman–Crippen MR) is 90.1 cm³/mol. The van der Waals surface area contributed by atoms with Gasteiger partial charge in [0, 0.05) is 39.8 Å². The molecule has 1 saturated heterocycles. The van der Waals surface area contributed by atoms with E-state index in [2.05, 4.69) is 10.3 Å². The molecule has 0 aliphatic carbocycles. The topological polar surface area (TPSA) is 30.9 Å². The fourth-order valence-electron chi connectivity index (χ4n) is 2.90. The van der Waals surface area contributed by atoms with Gasteiger partial charge in [0.25, 0.3) is 0 Å². The second-order valence-electron chi connectivity index (χ2n) is 6.20. The number of nitrogens with zero attached hydrogens (tertiary/aromatic N) is 3. The molecule has 0 aromatic heterocycles. The molecule has 0 spiro atoms. The summed E-state index contributed by atoms with van der Waals surface area (Å²) < 4.78 is 65.2. The lowest BCUT2D eigenvalue weighted by atomic mass is 10.1. The highest BCUT2D eigenvalue weighted by Gasteiger charge is 2.41. The maximum Gasteiger partial charge on any atom is 0.403 e. The maximum atomic E-state index is 13.6. The molecule has 1 aliphatic heterocycles. The Morgan fingerprint density at radius 1 is 1.19 bits per heavy atom. The molecule has 26 heavy (non-hydrogen) atoms. The number of rotatable bonds is 4. The number of nitrogens with one attached hydrogen (secondary N) is 1. The molecule has 0 amide bonds. The highest BCUT2D eigenvalue weighted by molar-refractivity contribution is 5.80. The van der Waals surface area contributed by atoms with Crippen LogP contribution < -0.4 is 5.32 Å². The maximum absolute atomic E-state index is 13.6. The molecule has 1 aromatic carbocycles. The number of alkyl halides is 3. The van der Waals surface area contributed by atoms with Crippen molar-refractivity contribution in [1.82, 2.24) is 15.1 Å². The molecule has 0 saturated carbocycles. The minimum atomic E-state index is -4.24. The number of halogens is 5. The first-order valence-corrected chi connectivity index (χ1v) is 8.42. The number of hydrogen-bond acceptors (Lipinski definition) is 2. The Bertz CT molecular complexity index is 624. The molecule has 0 bridgehead atoms. The van der Waals surface area contributed by atoms with Crippen molar-refractivity contribution < 1.29 is 22.0 Å². The second kappa shape index (κ2) is 8.66. The van der Waals surface area contributed by atoms with Crippen LogP contribution in [0.1, 0.15) is 12.5 Å². The van der Waals surface area contributed by atoms with Gasteiger partial charge >= 0.3 is 6.18 Å². The fraction of sp³-hybridized carbons (Fsp3) is 0.588. The van der Waals surface area contributed by atoms with Crippen LogP contribution in [0.4, 0.5) is 22.0 Å². The lowest BCUT2D eigenvalue weighted by molar-refractivity contribution is -0.181. The van der Waals surface area contributed by atoms with Crippen molar-refractivity contribution >= 4 is 5.96 Å². The van der Waals surface area contributed by atoms with Crippen LogP contribution in [-0.2, 0) is 6.42 Å². The average Bonchev–Trinajstić information content (AvgIpc) is 2.60. The molecule has 1 unspecified atom stereocenters. The Labute approximate surface area is 149 Å². The Balaban J connectivity index is 1.84. The number of hydrogen-bond donors (Lipinski definition) is 1. The van der Waals surface area contributed by atoms with Crippen LogP contribution in [0.5, 0.6) is 0 Å². The zero-order chi connectivity index (χ0) is 19.3. The lowest BCUT2D eigenvalue weighted by Crippen LogP contribution is -2.56. The van der Waals surface area contributed by atoms with Gasteiger partial charge in [0.1, 0.15) is 17.7 Å². The van der Waals surface area contributed by atoms with Gasteiger partial charge in [0.15, 0.2) is 5.96 Å². The summed E-state index contributed by atoms with van der Waals surface area (Å²) in [6, 6.07) is 1.82. The Morgan fingerprint density at radius 2 is 1.85 bits per heavy atom. The molecule has 2 rings (SSSR count). The van der Waals surface area contributed by atoms with Crippen LogP contribution >= 0.6 is 0 Å². The highest BCUT2D eigenvalue weighted by Crippen LogP contribution is 2.25. The predicted octanol–water partition coefficient (Wildman–Crippen LogP) is 2.65. The van der Waals surface area contributed by atoms with Gasteiger partial charge in [-0.05, 0) is 37.1 Å². The van der Waals surface area contributed by atoms with E-state index in [4.69, 9.17) is 0 Å². The van der Waals surface area contributed by atoms with Gasteiger partial charge in [-0.25, -0.2) is 8.78 Å². The van der Waals surface area contributed by atoms with E-state index < -0.39 is 23.9 Å². The van der Waals surface area contributed by atoms with E-state index in [1.807, 2.05) is 4.90 Å². The molecule has 146 valence electrons. The monoisotopic (exact) mass is 378 g/mol. The van der Waals surface area contributed by atoms with Crippen LogP contribution in [-0.4, -0.2) is 67.7 Å². The molecule has 1 N–H and O–H groups in total. The van der Waals surface area contributed by atoms with E-state index in [-0.39, 0.29) is 25.1 Å². The summed E-state index contributed by atoms with van der Waals surface area (Å²) in [4.78, 5) is 7.38. The van der Waals surface area contributed by atoms with Gasteiger partial charge in [0.2, 0.25) is 0 Å². The van der Waals surface area contributed by atoms with Crippen LogP contribution in [0.2, 0.25) is 0 Å². The minimum Gasteiger partial charge on any atom is -0.356 e. The largest absolute Gasteiger partial charge is 0.403 e. The number of aliphatic imine (C=N–C) groups is 1. The zero-order valence-corrected chi connectivity index (χ0v) is 14.8. The standard InChI is InChI=1S/C17H23F5N4/c1-12(17(20,21)22)25-7-9-26(10-8-25)16(23-2)24-6-5-13-11-14(18)3-4-15(13)19/h3-4,11-12H,5-10H2,1-2H3,(H,23,24). The van der Waals surface area contributed by atoms with Gasteiger partial charge in [-0.2, -0.15) is 13.2 Å². The third kappa shape index (κ3) is 5.30. The molecule has 0 radical (unpaired) electrons. The second-order valence-corrected chi connectivity index (χ2v) is 6.20. The summed E-state index contributed by atoms with van der Waals surface area (Å²) in [6.07, 6.45) is -3.97. The number of guanidine groups is 1. The third-order valence-corrected chi connectivity index (χ3v) is 4.53. The number of benzene rings is 1. The van der Waals surface area contributed by atoms with Gasteiger partial charge < -0.3 is 10.2 Å². The lowest BCUT2D eigenvalue weighted by Gasteiger charge is -2.39. The van der Waals surface area contributed by atoms with Crippen LogP contribution in [0.15, 0.2) is 23.2 Å². The van der Waals surface area contributed by atoms with E-state index in [1.165, 1.54) is 4.90 Å². The number of piperazine rings is 1. The molecule has 4 nitrogen and oxygen atoms in total. The summed E-state index contributed by atoms with van der Waals surface area (Å²) in [5, 5.41) is 3.05. The third-order valence-electron chi connectivity index (χ3n) is 4.53. The Kier molecular flexibility index (Phi) is 6.80. The van der Waals surface area contributed by atoms with Crippen molar-refractivity contribution in [3.05, 3.63) is 35.4 Å². The van der Waals surface area contributed by atoms with E-state index in [0.29, 0.717) is 25.6 Å². The van der Waals surface area contributed by atoms with Crippen LogP contribution in [0.25, 0.3) is 0 Å². The molecular weight excluding hydrogens is 355 g/mol. The Hall–Kier alpha value is -1.90. The summed E-state index contributed by atoms with van der Waals surface area (Å²) >= 11 is 0. The molecule has 1 atom stereocenters. The van der Waals surface area contributed by atoms with Gasteiger partial charge in [-0.3, -0.25) is 9.89 Å². The van der Waals surface area contributed by atoms with Crippen LogP contribution in [0.3, 0.4) is 0 Å². The van der Waals surface area contributed by atoms with E-state index in [9.17, 15) is 22.0 Å². The first-order valence-electron chi connectivity index (χ1n) is 8.42. The Morgan fingerprint density at radius 3 is 2.42 bits per heavy atom. The van der Waals surface area contributed by atoms with Crippen molar-refractivity contribution in [2.75, 3.05) is 39.8 Å². The summed E-state index contributed by atoms with van der Waals surface area (Å²) in [5.41, 5.74) is 0.261. The fourth-order valence-corrected chi connectivity index (χ4v) is 2.90. The quantitative estimate of drug-likeness (QED) is 0.497. The van der Waals surface area contributed by atoms with Crippen molar-refractivity contribution in [2.45, 2.75) is 25.6 Å². The first-order chi connectivity index (χ1) is 12.2. The SMILES string of the molecule is CN=C(NCCc1cc(F)ccc1F)N1CCN(C(C)C(F)(F)F)CC1. The molecule has 1 aromatic rings. The van der Waals surface area contributed by atoms with Crippen LogP contribution in [0, 0.1) is 11.6 Å². The highest BCUT2D eigenvalue weighted by atomic mass is 19.4. The summed E-state index contributed by atoms with van der Waals surface area (Å²) in [7, 11) is 1.58. The van der Waals surface area contributed by atoms with Gasteiger partial charge in [-0.15, -0.1) is 0 Å². The molecule has 1 aliphatic rings. The smallest absolute Gasteiger partial charge is 0.356 e. The molecule has 1 fully saturated rings. The molecular formula is C17H23F5N4. The normalized spacial score (nSPS) is 18.1. The van der Waals surface area contributed by atoms with Crippen molar-refractivity contribution in [3.63, 3.8) is 0 Å². The van der Waals surface area contributed by atoms with Crippen molar-refractivity contribution in [1.29, 1.82) is 0 Å². The summed E-state index contributed by atoms with van der Waals surface area (Å²) in [5.74, 6) is -0.431. The van der Waals surface area contributed by atoms with Gasteiger partial charge in [0.05, 0.1) is 0 Å². The molecule has 1 heterocycles. The van der Waals surface area contributed by atoms with Gasteiger partial charge in [-0.1, -0.05) is 0 Å². The average molecular weight is 378 g/mol. The molecule has 9 heteroatoms. The van der Waals surface area contributed by atoms with E-state index in [0.717, 1.165) is 25.1 Å². The van der Waals surface area contributed by atoms with E-state index in [1.54, 1.807) is 7.05 Å². The van der Waals surface area contributed by atoms with Crippen molar-refractivity contribution in [3.8, 4) is 0 Å². The minimum absolute atomic E-state index is 0.261. The van der Waals surface area contributed by atoms with Crippen molar-refractivity contribution in [2.24, 2.45) is 4.99 Å².